The molecule has 1 aromatic heterocycles. The van der Waals surface area contributed by atoms with Gasteiger partial charge < -0.3 is 4.57 Å². The molecular formula is C9H14N2O3S. The van der Waals surface area contributed by atoms with Crippen molar-refractivity contribution in [2.75, 3.05) is 0 Å². The lowest BCUT2D eigenvalue weighted by molar-refractivity contribution is 0.111. The van der Waals surface area contributed by atoms with Crippen LogP contribution in [-0.4, -0.2) is 25.3 Å². The number of aromatic nitrogens is 1. The molecule has 15 heavy (non-hydrogen) atoms. The van der Waals surface area contributed by atoms with Crippen molar-refractivity contribution < 1.29 is 13.2 Å². The number of hydrogen-bond acceptors (Lipinski definition) is 3. The first-order chi connectivity index (χ1) is 6.86. The van der Waals surface area contributed by atoms with Crippen molar-refractivity contribution >= 4 is 16.3 Å². The van der Waals surface area contributed by atoms with Crippen LogP contribution in [0.1, 0.15) is 24.3 Å². The number of aldehydes is 1. The standard InChI is InChI=1S/C9H14N2O3S/c1-7(2)10-15(13,14)9-4-8(6-12)11(3)5-9/h4-7,10H,1-3H3. The number of carbonyl (C=O) groups is 1. The first kappa shape index (κ1) is 11.9. The van der Waals surface area contributed by atoms with Crippen LogP contribution in [-0.2, 0) is 17.1 Å². The lowest BCUT2D eigenvalue weighted by Gasteiger charge is -2.07. The van der Waals surface area contributed by atoms with E-state index in [-0.39, 0.29) is 10.9 Å². The van der Waals surface area contributed by atoms with E-state index in [4.69, 9.17) is 0 Å². The molecule has 0 unspecified atom stereocenters. The molecule has 0 aliphatic carbocycles. The molecule has 0 bridgehead atoms. The van der Waals surface area contributed by atoms with Crippen molar-refractivity contribution in [3.63, 3.8) is 0 Å². The van der Waals surface area contributed by atoms with Crippen molar-refractivity contribution in [2.24, 2.45) is 7.05 Å². The molecule has 1 heterocycles. The van der Waals surface area contributed by atoms with Gasteiger partial charge in [0.15, 0.2) is 6.29 Å². The van der Waals surface area contributed by atoms with Gasteiger partial charge in [0.25, 0.3) is 0 Å². The first-order valence-electron chi connectivity index (χ1n) is 4.50. The van der Waals surface area contributed by atoms with Gasteiger partial charge in [0.2, 0.25) is 10.0 Å². The molecule has 1 aromatic rings. The molecular weight excluding hydrogens is 216 g/mol. The van der Waals surface area contributed by atoms with E-state index in [1.54, 1.807) is 20.9 Å². The van der Waals surface area contributed by atoms with Gasteiger partial charge in [-0.1, -0.05) is 0 Å². The van der Waals surface area contributed by atoms with Crippen LogP contribution in [0.5, 0.6) is 0 Å². The van der Waals surface area contributed by atoms with E-state index in [2.05, 4.69) is 4.72 Å². The quantitative estimate of drug-likeness (QED) is 0.767. The molecule has 5 nitrogen and oxygen atoms in total. The predicted molar refractivity (Wildman–Crippen MR) is 56.3 cm³/mol. The number of hydrogen-bond donors (Lipinski definition) is 1. The summed E-state index contributed by atoms with van der Waals surface area (Å²) in [6.45, 7) is 3.47. The molecule has 84 valence electrons. The Morgan fingerprint density at radius 2 is 2.07 bits per heavy atom. The summed E-state index contributed by atoms with van der Waals surface area (Å²) in [5.41, 5.74) is 0.333. The highest BCUT2D eigenvalue weighted by molar-refractivity contribution is 7.89. The molecule has 0 aliphatic rings. The number of aryl methyl sites for hydroxylation is 1. The van der Waals surface area contributed by atoms with Crippen LogP contribution in [0.2, 0.25) is 0 Å². The second-order valence-electron chi connectivity index (χ2n) is 3.61. The van der Waals surface area contributed by atoms with Gasteiger partial charge in [-0.15, -0.1) is 0 Å². The number of carbonyl (C=O) groups excluding carboxylic acids is 1. The number of rotatable bonds is 4. The van der Waals surface area contributed by atoms with Crippen LogP contribution < -0.4 is 4.72 Å². The first-order valence-corrected chi connectivity index (χ1v) is 5.99. The van der Waals surface area contributed by atoms with E-state index >= 15 is 0 Å². The molecule has 0 atom stereocenters. The minimum atomic E-state index is -3.50. The summed E-state index contributed by atoms with van der Waals surface area (Å²) < 4.78 is 27.3. The Morgan fingerprint density at radius 1 is 1.47 bits per heavy atom. The fourth-order valence-corrected chi connectivity index (χ4v) is 2.52. The topological polar surface area (TPSA) is 68.2 Å². The van der Waals surface area contributed by atoms with Crippen LogP contribution >= 0.6 is 0 Å². The normalized spacial score (nSPS) is 12.0. The highest BCUT2D eigenvalue weighted by Gasteiger charge is 2.17. The summed E-state index contributed by atoms with van der Waals surface area (Å²) in [5, 5.41) is 0. The molecule has 1 rings (SSSR count). The Hall–Kier alpha value is -1.14. The van der Waals surface area contributed by atoms with Crippen molar-refractivity contribution in [3.05, 3.63) is 18.0 Å². The SMILES string of the molecule is CC(C)NS(=O)(=O)c1cc(C=O)n(C)c1. The summed E-state index contributed by atoms with van der Waals surface area (Å²) in [6, 6.07) is 1.17. The van der Waals surface area contributed by atoms with Crippen LogP contribution in [0.3, 0.4) is 0 Å². The van der Waals surface area contributed by atoms with Crippen molar-refractivity contribution in [2.45, 2.75) is 24.8 Å². The van der Waals surface area contributed by atoms with Gasteiger partial charge in [-0.3, -0.25) is 4.79 Å². The fraction of sp³-hybridized carbons (Fsp3) is 0.444. The Morgan fingerprint density at radius 3 is 2.47 bits per heavy atom. The summed E-state index contributed by atoms with van der Waals surface area (Å²) in [4.78, 5) is 10.7. The second-order valence-corrected chi connectivity index (χ2v) is 5.32. The molecule has 0 radical (unpaired) electrons. The Kier molecular flexibility index (Phi) is 3.31. The lowest BCUT2D eigenvalue weighted by atomic mass is 10.4. The molecule has 0 aromatic carbocycles. The zero-order valence-corrected chi connectivity index (χ0v) is 9.71. The van der Waals surface area contributed by atoms with Gasteiger partial charge in [-0.2, -0.15) is 0 Å². The number of sulfonamides is 1. The van der Waals surface area contributed by atoms with Gasteiger partial charge >= 0.3 is 0 Å². The summed E-state index contributed by atoms with van der Waals surface area (Å²) >= 11 is 0. The lowest BCUT2D eigenvalue weighted by Crippen LogP contribution is -2.29. The zero-order valence-electron chi connectivity index (χ0n) is 8.89. The molecule has 0 aliphatic heterocycles. The average Bonchev–Trinajstić information content (AvgIpc) is 2.45. The summed E-state index contributed by atoms with van der Waals surface area (Å²) in [7, 11) is -1.88. The molecule has 0 saturated carbocycles. The molecule has 6 heteroatoms. The minimum Gasteiger partial charge on any atom is -0.347 e. The maximum atomic E-state index is 11.7. The Bertz CT molecular complexity index is 460. The Balaban J connectivity index is 3.11. The third kappa shape index (κ3) is 2.66. The summed E-state index contributed by atoms with van der Waals surface area (Å²) in [6.07, 6.45) is 2.03. The third-order valence-corrected chi connectivity index (χ3v) is 3.47. The van der Waals surface area contributed by atoms with E-state index in [1.165, 1.54) is 16.8 Å². The predicted octanol–water partition coefficient (Wildman–Crippen LogP) is 0.524. The molecule has 0 amide bonds. The van der Waals surface area contributed by atoms with Crippen molar-refractivity contribution in [1.29, 1.82) is 0 Å². The maximum Gasteiger partial charge on any atom is 0.242 e. The molecule has 0 fully saturated rings. The summed E-state index contributed by atoms with van der Waals surface area (Å²) in [5.74, 6) is 0. The van der Waals surface area contributed by atoms with E-state index < -0.39 is 10.0 Å². The third-order valence-electron chi connectivity index (χ3n) is 1.84. The van der Waals surface area contributed by atoms with Crippen LogP contribution in [0.15, 0.2) is 17.2 Å². The van der Waals surface area contributed by atoms with Crippen molar-refractivity contribution in [3.8, 4) is 0 Å². The van der Waals surface area contributed by atoms with Crippen LogP contribution in [0.25, 0.3) is 0 Å². The van der Waals surface area contributed by atoms with Gasteiger partial charge in [0.1, 0.15) is 4.90 Å². The molecule has 0 saturated heterocycles. The highest BCUT2D eigenvalue weighted by Crippen LogP contribution is 2.12. The van der Waals surface area contributed by atoms with Crippen LogP contribution in [0, 0.1) is 0 Å². The zero-order chi connectivity index (χ0) is 11.6. The van der Waals surface area contributed by atoms with E-state index in [1.807, 2.05) is 0 Å². The van der Waals surface area contributed by atoms with Gasteiger partial charge in [0.05, 0.1) is 5.69 Å². The van der Waals surface area contributed by atoms with Crippen molar-refractivity contribution in [1.82, 2.24) is 9.29 Å². The smallest absolute Gasteiger partial charge is 0.242 e. The monoisotopic (exact) mass is 230 g/mol. The molecule has 0 spiro atoms. The minimum absolute atomic E-state index is 0.112. The van der Waals surface area contributed by atoms with Gasteiger partial charge in [0, 0.05) is 19.3 Å². The fourth-order valence-electron chi connectivity index (χ4n) is 1.19. The average molecular weight is 230 g/mol. The second kappa shape index (κ2) is 4.16. The molecule has 1 N–H and O–H groups in total. The van der Waals surface area contributed by atoms with Gasteiger partial charge in [-0.25, -0.2) is 13.1 Å². The van der Waals surface area contributed by atoms with E-state index in [0.29, 0.717) is 12.0 Å². The van der Waals surface area contributed by atoms with Gasteiger partial charge in [-0.05, 0) is 19.9 Å². The largest absolute Gasteiger partial charge is 0.347 e. The number of nitrogens with zero attached hydrogens (tertiary/aromatic N) is 1. The Labute approximate surface area is 89.1 Å². The highest BCUT2D eigenvalue weighted by atomic mass is 32.2. The van der Waals surface area contributed by atoms with E-state index in [0.717, 1.165) is 0 Å². The van der Waals surface area contributed by atoms with E-state index in [9.17, 15) is 13.2 Å². The van der Waals surface area contributed by atoms with Crippen LogP contribution in [0.4, 0.5) is 0 Å². The number of nitrogens with one attached hydrogen (secondary N) is 1. The maximum absolute atomic E-state index is 11.7.